The van der Waals surface area contributed by atoms with Crippen molar-refractivity contribution in [1.82, 2.24) is 5.32 Å². The van der Waals surface area contributed by atoms with Crippen LogP contribution in [-0.2, 0) is 19.1 Å². The van der Waals surface area contributed by atoms with E-state index in [0.717, 1.165) is 44.9 Å². The van der Waals surface area contributed by atoms with Gasteiger partial charge >= 0.3 is 5.97 Å². The van der Waals surface area contributed by atoms with E-state index in [1.54, 1.807) is 6.92 Å². The van der Waals surface area contributed by atoms with Crippen LogP contribution >= 0.6 is 0 Å². The first kappa shape index (κ1) is 51.1. The molecule has 0 aromatic rings. The summed E-state index contributed by atoms with van der Waals surface area (Å²) in [6.07, 6.45) is 9.45. The molecule has 378 valence electrons. The third-order valence-electron chi connectivity index (χ3n) is 20.2. The summed E-state index contributed by atoms with van der Waals surface area (Å²) in [5, 5.41) is 66.9. The van der Waals surface area contributed by atoms with E-state index in [9.17, 15) is 35.1 Å². The largest absolute Gasteiger partial charge is 0.465 e. The van der Waals surface area contributed by atoms with Crippen molar-refractivity contribution in [1.29, 1.82) is 0 Å². The lowest BCUT2D eigenvalue weighted by atomic mass is 9.39. The predicted molar refractivity (Wildman–Crippen MR) is 260 cm³/mol. The molecule has 13 heteroatoms. The number of hydrogen-bond acceptors (Lipinski definition) is 11. The van der Waals surface area contributed by atoms with Crippen LogP contribution < -0.4 is 16.8 Å². The van der Waals surface area contributed by atoms with Crippen LogP contribution in [0.1, 0.15) is 157 Å². The van der Waals surface area contributed by atoms with E-state index in [1.807, 2.05) is 0 Å². The number of fused-ring (bicyclic) bond motifs is 10. The number of nitrogens with zero attached hydrogens (tertiary/aromatic N) is 1. The number of ether oxygens (including phenoxy) is 1. The van der Waals surface area contributed by atoms with E-state index < -0.39 is 63.5 Å². The molecule has 0 radical (unpaired) electrons. The molecule has 0 amide bonds. The molecule has 8 rings (SSSR count). The van der Waals surface area contributed by atoms with Gasteiger partial charge in [0.2, 0.25) is 0 Å². The number of aliphatic imine (C=N–C) groups is 1. The fraction of sp³-hybridized carbons (Fsp3) is 0.818. The van der Waals surface area contributed by atoms with E-state index in [4.69, 9.17) is 16.2 Å². The lowest BCUT2D eigenvalue weighted by Gasteiger charge is -2.66. The number of aliphatic hydroxyl groups excluding tert-OH is 3. The summed E-state index contributed by atoms with van der Waals surface area (Å²) in [7, 11) is 0. The number of guanidine groups is 1. The number of hydrogen-bond donors (Lipinski definition) is 8. The van der Waals surface area contributed by atoms with E-state index in [0.29, 0.717) is 56.1 Å². The van der Waals surface area contributed by atoms with Gasteiger partial charge in [0.1, 0.15) is 5.78 Å². The van der Waals surface area contributed by atoms with Gasteiger partial charge < -0.3 is 47.1 Å². The maximum absolute atomic E-state index is 15.8. The third-order valence-corrected chi connectivity index (χ3v) is 20.2. The Hall–Kier alpha value is -3.28. The van der Waals surface area contributed by atoms with Crippen molar-refractivity contribution in [2.45, 2.75) is 187 Å². The Kier molecular flexibility index (Phi) is 14.6. The van der Waals surface area contributed by atoms with Crippen molar-refractivity contribution in [2.75, 3.05) is 19.7 Å². The van der Waals surface area contributed by atoms with E-state index in [-0.39, 0.29) is 104 Å². The Labute approximate surface area is 405 Å². The Morgan fingerprint density at radius 1 is 0.971 bits per heavy atom. The Morgan fingerprint density at radius 2 is 1.72 bits per heavy atom. The van der Waals surface area contributed by atoms with Crippen molar-refractivity contribution < 1.29 is 44.7 Å². The number of aliphatic hydroxyl groups is 5. The van der Waals surface area contributed by atoms with E-state index in [2.05, 4.69) is 55.9 Å². The number of allylic oxidation sites excluding steroid dienone is 3. The molecule has 1 heterocycles. The van der Waals surface area contributed by atoms with Gasteiger partial charge in [0, 0.05) is 41.5 Å². The van der Waals surface area contributed by atoms with E-state index in [1.165, 1.54) is 18.9 Å². The lowest BCUT2D eigenvalue weighted by molar-refractivity contribution is -0.201. The highest BCUT2D eigenvalue weighted by atomic mass is 16.5. The van der Waals surface area contributed by atoms with Crippen LogP contribution in [0.3, 0.4) is 0 Å². The fourth-order valence-corrected chi connectivity index (χ4v) is 16.9. The summed E-state index contributed by atoms with van der Waals surface area (Å²) in [5.41, 5.74) is 7.48. The van der Waals surface area contributed by atoms with Crippen LogP contribution in [0.5, 0.6) is 0 Å². The zero-order chi connectivity index (χ0) is 49.1. The number of unbranched alkanes of at least 4 members (excludes halogenated alkanes) is 2. The molecule has 0 bridgehead atoms. The minimum absolute atomic E-state index is 0.00862. The average molecular weight is 945 g/mol. The van der Waals surface area contributed by atoms with Crippen LogP contribution in [0.4, 0.5) is 0 Å². The number of Topliss-reactive ketones (excluding diaryl/α,β-unsaturated/α-hetero) is 2. The first-order valence-corrected chi connectivity index (χ1v) is 26.5. The molecular formula is C55H84N4O9. The maximum Gasteiger partial charge on any atom is 0.306 e. The van der Waals surface area contributed by atoms with Crippen molar-refractivity contribution in [2.24, 2.45) is 91.9 Å². The van der Waals surface area contributed by atoms with Crippen molar-refractivity contribution in [3.05, 3.63) is 22.9 Å². The summed E-state index contributed by atoms with van der Waals surface area (Å²) in [6, 6.07) is 0. The number of nitrogens with two attached hydrogens (primary N) is 2. The lowest BCUT2D eigenvalue weighted by Crippen LogP contribution is -2.68. The van der Waals surface area contributed by atoms with Crippen molar-refractivity contribution >= 4 is 23.5 Å². The normalized spacial score (nSPS) is 45.7. The summed E-state index contributed by atoms with van der Waals surface area (Å²) in [5.74, 6) is 6.21. The van der Waals surface area contributed by atoms with Gasteiger partial charge in [-0.3, -0.25) is 19.4 Å². The molecule has 0 spiro atoms. The SMILES string of the molecule is CCCCC[C@@]12C[C@@H](O)[C@@H](O)C[C@]1(C)[C@H]1CC[C@]3(CCN=C(N)N)[C@@H]4[C@@H](CC#C[C@@H]([C@H]5COC(=O)C5)C[C@H]5[C@@H](CC=C6CC[C@H](C)C[C@@H]65)[C@H](C)C[C@@H](O)[C@]4(C)O)C[C@@]3(O)C1=C(NCC(C)=O)C2=O. The summed E-state index contributed by atoms with van der Waals surface area (Å²) >= 11 is 0. The third kappa shape index (κ3) is 8.60. The van der Waals surface area contributed by atoms with Gasteiger partial charge in [-0.2, -0.15) is 0 Å². The van der Waals surface area contributed by atoms with Crippen molar-refractivity contribution in [3.8, 4) is 11.8 Å². The summed E-state index contributed by atoms with van der Waals surface area (Å²) in [4.78, 5) is 45.9. The van der Waals surface area contributed by atoms with Gasteiger partial charge in [-0.25, -0.2) is 0 Å². The molecule has 1 saturated heterocycles. The molecule has 5 fully saturated rings. The Balaban J connectivity index is 1.31. The number of cyclic esters (lactones) is 1. The quantitative estimate of drug-likeness (QED) is 0.0314. The minimum Gasteiger partial charge on any atom is -0.465 e. The first-order chi connectivity index (χ1) is 32.1. The number of carbonyl (C=O) groups is 3. The fourth-order valence-electron chi connectivity index (χ4n) is 16.9. The highest BCUT2D eigenvalue weighted by Gasteiger charge is 2.76. The van der Waals surface area contributed by atoms with Crippen LogP contribution in [0, 0.1) is 87.3 Å². The smallest absolute Gasteiger partial charge is 0.306 e. The molecule has 0 aromatic heterocycles. The van der Waals surface area contributed by atoms with E-state index >= 15 is 4.79 Å². The van der Waals surface area contributed by atoms with Crippen molar-refractivity contribution in [3.63, 3.8) is 0 Å². The number of ketones is 2. The zero-order valence-corrected chi connectivity index (χ0v) is 41.9. The second-order valence-corrected chi connectivity index (χ2v) is 24.1. The molecule has 8 aliphatic rings. The van der Waals surface area contributed by atoms with Gasteiger partial charge in [-0.1, -0.05) is 64.5 Å². The topological polar surface area (TPSA) is 238 Å². The van der Waals surface area contributed by atoms with Gasteiger partial charge in [-0.05, 0) is 150 Å². The minimum atomic E-state index is -1.79. The van der Waals surface area contributed by atoms with Gasteiger partial charge in [0.15, 0.2) is 11.7 Å². The molecule has 4 saturated carbocycles. The average Bonchev–Trinajstić information content (AvgIpc) is 3.82. The number of nitrogens with one attached hydrogen (secondary N) is 1. The number of esters is 1. The van der Waals surface area contributed by atoms with Crippen LogP contribution in [0.15, 0.2) is 27.9 Å². The molecule has 13 nitrogen and oxygen atoms in total. The molecule has 7 aliphatic carbocycles. The predicted octanol–water partition coefficient (Wildman–Crippen LogP) is 5.63. The highest BCUT2D eigenvalue weighted by Crippen LogP contribution is 2.74. The molecule has 0 unspecified atom stereocenters. The summed E-state index contributed by atoms with van der Waals surface area (Å²) in [6.45, 7) is 12.2. The monoisotopic (exact) mass is 945 g/mol. The number of carbonyl (C=O) groups excluding carboxylic acids is 3. The maximum atomic E-state index is 15.8. The second kappa shape index (κ2) is 19.4. The molecule has 0 aromatic carbocycles. The second-order valence-electron chi connectivity index (χ2n) is 24.1. The standard InChI is InChI=1S/C55H84N4O9/c1-7-8-9-18-54-28-43(62)42(61)27-51(54,5)41-17-19-53(20-21-58-50(56)57)48-36(26-55(53,67)46(41)47(49(54)65)59-29-33(4)60)12-10-11-35(37-25-45(64)68-30-37)24-40-38(32(3)23-44(63)52(48,6)66)16-15-34-14-13-31(2)22-39(34)40/h15,31-32,35-44,48,59,61-63,66-67H,7-9,12-14,16-30H2,1-6H3,(H4,56,57,58)/t31-,32+,35+,36-,37+,38-,39-,40-,41-,42-,43+,44+,48+,51+,52-,53-,54-,55+/m0/s1. The molecule has 1 aliphatic heterocycles. The first-order valence-electron chi connectivity index (χ1n) is 26.5. The van der Waals surface area contributed by atoms with Crippen LogP contribution in [0.25, 0.3) is 0 Å². The zero-order valence-electron chi connectivity index (χ0n) is 41.9. The molecule has 10 N–H and O–H groups in total. The van der Waals surface area contributed by atoms with Crippen LogP contribution in [-0.4, -0.2) is 98.2 Å². The Morgan fingerprint density at radius 3 is 2.41 bits per heavy atom. The summed E-state index contributed by atoms with van der Waals surface area (Å²) < 4.78 is 5.61. The number of rotatable bonds is 11. The highest BCUT2D eigenvalue weighted by molar-refractivity contribution is 6.03. The molecule has 68 heavy (non-hydrogen) atoms. The Bertz CT molecular complexity index is 2100. The molecule has 18 atom stereocenters. The van der Waals surface area contributed by atoms with Crippen LogP contribution in [0.2, 0.25) is 0 Å². The van der Waals surface area contributed by atoms with Gasteiger partial charge in [0.05, 0.1) is 54.8 Å². The van der Waals surface area contributed by atoms with Gasteiger partial charge in [0.25, 0.3) is 0 Å². The van der Waals surface area contributed by atoms with Gasteiger partial charge in [-0.15, -0.1) is 5.92 Å². The molecular weight excluding hydrogens is 861 g/mol.